The van der Waals surface area contributed by atoms with Gasteiger partial charge in [0.1, 0.15) is 0 Å². The van der Waals surface area contributed by atoms with Crippen LogP contribution in [0.15, 0.2) is 0 Å². The van der Waals surface area contributed by atoms with Gasteiger partial charge in [0.2, 0.25) is 0 Å². The lowest BCUT2D eigenvalue weighted by Gasteiger charge is -2.24. The summed E-state index contributed by atoms with van der Waals surface area (Å²) in [6, 6.07) is -0.703. The Bertz CT molecular complexity index is 775. The molecule has 0 aromatic rings. The minimum atomic E-state index is -3.06. The van der Waals surface area contributed by atoms with Crippen molar-refractivity contribution in [2.75, 3.05) is 36.1 Å². The van der Waals surface area contributed by atoms with E-state index in [1.165, 1.54) is 0 Å². The average Bonchev–Trinajstić information content (AvgIpc) is 3.03. The van der Waals surface area contributed by atoms with E-state index in [1.54, 1.807) is 13.8 Å². The maximum absolute atomic E-state index is 11.9. The van der Waals surface area contributed by atoms with E-state index in [-0.39, 0.29) is 35.1 Å². The maximum atomic E-state index is 11.9. The van der Waals surface area contributed by atoms with E-state index in [9.17, 15) is 26.4 Å². The predicted molar refractivity (Wildman–Crippen MR) is 115 cm³/mol. The number of urea groups is 2. The molecule has 0 saturated carbocycles. The van der Waals surface area contributed by atoms with Gasteiger partial charge in [0.25, 0.3) is 0 Å². The van der Waals surface area contributed by atoms with Crippen LogP contribution in [0.3, 0.4) is 0 Å². The number of amides is 4. The number of nitrogens with one attached hydrogen (secondary N) is 4. The Morgan fingerprint density at radius 1 is 0.700 bits per heavy atom. The zero-order chi connectivity index (χ0) is 22.5. The number of hydrogen-bond donors (Lipinski definition) is 4. The lowest BCUT2D eigenvalue weighted by atomic mass is 10.0. The molecule has 10 nitrogen and oxygen atoms in total. The second-order valence-corrected chi connectivity index (χ2v) is 13.3. The fourth-order valence-electron chi connectivity index (χ4n) is 3.86. The molecule has 0 bridgehead atoms. The van der Waals surface area contributed by atoms with Gasteiger partial charge < -0.3 is 21.3 Å². The normalized spacial score (nSPS) is 29.3. The highest BCUT2D eigenvalue weighted by molar-refractivity contribution is 7.92. The highest BCUT2D eigenvalue weighted by Crippen LogP contribution is 2.23. The van der Waals surface area contributed by atoms with Crippen molar-refractivity contribution in [3.63, 3.8) is 0 Å². The van der Waals surface area contributed by atoms with Gasteiger partial charge in [-0.2, -0.15) is 0 Å². The highest BCUT2D eigenvalue weighted by atomic mass is 32.2. The molecule has 2 saturated heterocycles. The number of hydrogen-bond acceptors (Lipinski definition) is 6. The molecule has 4 amide bonds. The van der Waals surface area contributed by atoms with E-state index in [4.69, 9.17) is 0 Å². The molecule has 0 unspecified atom stereocenters. The molecule has 4 N–H and O–H groups in total. The SMILES string of the molecule is C[C@]1(NC(=O)NCCCCCCNC(=O)N[C@@]2(C)CCS(=O)(=O)C2)CCS(=O)(=O)C1. The third-order valence-electron chi connectivity index (χ3n) is 5.51. The molecule has 0 aliphatic carbocycles. The molecule has 0 aromatic carbocycles. The Balaban J connectivity index is 1.48. The van der Waals surface area contributed by atoms with Crippen LogP contribution in [0.5, 0.6) is 0 Å². The second-order valence-electron chi connectivity index (χ2n) is 8.98. The van der Waals surface area contributed by atoms with Crippen molar-refractivity contribution < 1.29 is 26.4 Å². The number of rotatable bonds is 9. The summed E-state index contributed by atoms with van der Waals surface area (Å²) in [5, 5.41) is 11.0. The molecule has 0 radical (unpaired) electrons. The Labute approximate surface area is 179 Å². The molecule has 2 rings (SSSR count). The van der Waals surface area contributed by atoms with Crippen LogP contribution in [0.1, 0.15) is 52.4 Å². The smallest absolute Gasteiger partial charge is 0.315 e. The average molecular weight is 467 g/mol. The molecule has 0 spiro atoms. The lowest BCUT2D eigenvalue weighted by Crippen LogP contribution is -2.51. The van der Waals surface area contributed by atoms with Gasteiger partial charge in [-0.3, -0.25) is 0 Å². The Morgan fingerprint density at radius 3 is 1.37 bits per heavy atom. The van der Waals surface area contributed by atoms with Crippen molar-refractivity contribution >= 4 is 31.7 Å². The van der Waals surface area contributed by atoms with Gasteiger partial charge in [0.15, 0.2) is 19.7 Å². The first-order chi connectivity index (χ1) is 13.8. The summed E-state index contributed by atoms with van der Waals surface area (Å²) >= 11 is 0. The Hall–Kier alpha value is -1.56. The van der Waals surface area contributed by atoms with Gasteiger partial charge in [0, 0.05) is 13.1 Å². The van der Waals surface area contributed by atoms with E-state index < -0.39 is 30.8 Å². The van der Waals surface area contributed by atoms with Gasteiger partial charge in [0.05, 0.1) is 34.1 Å². The summed E-state index contributed by atoms with van der Waals surface area (Å²) < 4.78 is 46.2. The second kappa shape index (κ2) is 9.71. The summed E-state index contributed by atoms with van der Waals surface area (Å²) in [5.41, 5.74) is -1.40. The zero-order valence-electron chi connectivity index (χ0n) is 17.8. The first-order valence-corrected chi connectivity index (χ1v) is 14.0. The van der Waals surface area contributed by atoms with Crippen molar-refractivity contribution in [3.8, 4) is 0 Å². The molecule has 12 heteroatoms. The minimum Gasteiger partial charge on any atom is -0.338 e. The number of carbonyl (C=O) groups is 2. The minimum absolute atomic E-state index is 0.0248. The van der Waals surface area contributed by atoms with Crippen molar-refractivity contribution in [2.24, 2.45) is 0 Å². The zero-order valence-corrected chi connectivity index (χ0v) is 19.4. The van der Waals surface area contributed by atoms with Crippen LogP contribution < -0.4 is 21.3 Å². The van der Waals surface area contributed by atoms with Crippen LogP contribution in [0, 0.1) is 0 Å². The van der Waals surface area contributed by atoms with Gasteiger partial charge in [-0.1, -0.05) is 12.8 Å². The highest BCUT2D eigenvalue weighted by Gasteiger charge is 2.40. The van der Waals surface area contributed by atoms with Crippen LogP contribution in [0.4, 0.5) is 9.59 Å². The van der Waals surface area contributed by atoms with Crippen LogP contribution in [-0.2, 0) is 19.7 Å². The van der Waals surface area contributed by atoms with Gasteiger partial charge in [-0.25, -0.2) is 26.4 Å². The summed E-state index contributed by atoms with van der Waals surface area (Å²) in [6.45, 7) is 4.48. The van der Waals surface area contributed by atoms with Crippen LogP contribution in [0.25, 0.3) is 0 Å². The number of unbranched alkanes of at least 4 members (excludes halogenated alkanes) is 3. The molecular formula is C18H34N4O6S2. The van der Waals surface area contributed by atoms with E-state index in [2.05, 4.69) is 21.3 Å². The van der Waals surface area contributed by atoms with Crippen molar-refractivity contribution in [1.29, 1.82) is 0 Å². The standard InChI is InChI=1S/C18H34N4O6S2/c1-17(7-11-29(25,26)13-17)21-15(23)19-9-5-3-4-6-10-20-16(24)22-18(2)8-12-30(27,28)14-18/h3-14H2,1-2H3,(H2,19,21,23)(H2,20,22,24)/t17-,18-/m0/s1. The fourth-order valence-corrected chi connectivity index (χ4v) is 8.05. The first-order valence-electron chi connectivity index (χ1n) is 10.4. The molecule has 2 heterocycles. The molecule has 0 aromatic heterocycles. The van der Waals surface area contributed by atoms with Crippen LogP contribution in [0.2, 0.25) is 0 Å². The maximum Gasteiger partial charge on any atom is 0.315 e. The van der Waals surface area contributed by atoms with Crippen LogP contribution >= 0.6 is 0 Å². The lowest BCUT2D eigenvalue weighted by molar-refractivity contribution is 0.228. The fraction of sp³-hybridized carbons (Fsp3) is 0.889. The Kier molecular flexibility index (Phi) is 8.00. The number of sulfone groups is 2. The summed E-state index contributed by atoms with van der Waals surface area (Å²) in [7, 11) is -6.13. The van der Waals surface area contributed by atoms with E-state index in [0.29, 0.717) is 25.9 Å². The molecule has 2 aliphatic rings. The Morgan fingerprint density at radius 2 is 1.07 bits per heavy atom. The molecule has 2 fully saturated rings. The predicted octanol–water partition coefficient (Wildman–Crippen LogP) is 0.300. The van der Waals surface area contributed by atoms with E-state index in [1.807, 2.05) is 0 Å². The van der Waals surface area contributed by atoms with Gasteiger partial charge >= 0.3 is 12.1 Å². The van der Waals surface area contributed by atoms with Gasteiger partial charge in [-0.05, 0) is 39.5 Å². The van der Waals surface area contributed by atoms with Crippen LogP contribution in [-0.4, -0.2) is 76.1 Å². The molecule has 30 heavy (non-hydrogen) atoms. The quantitative estimate of drug-likeness (QED) is 0.359. The first kappa shape index (κ1) is 24.7. The van der Waals surface area contributed by atoms with E-state index >= 15 is 0 Å². The summed E-state index contributed by atoms with van der Waals surface area (Å²) in [6.07, 6.45) is 4.18. The van der Waals surface area contributed by atoms with Crippen molar-refractivity contribution in [1.82, 2.24) is 21.3 Å². The molecule has 174 valence electrons. The summed E-state index contributed by atoms with van der Waals surface area (Å²) in [5.74, 6) is 0.161. The van der Waals surface area contributed by atoms with Gasteiger partial charge in [-0.15, -0.1) is 0 Å². The summed E-state index contributed by atoms with van der Waals surface area (Å²) in [4.78, 5) is 23.8. The largest absolute Gasteiger partial charge is 0.338 e. The van der Waals surface area contributed by atoms with Crippen molar-refractivity contribution in [3.05, 3.63) is 0 Å². The van der Waals surface area contributed by atoms with Crippen molar-refractivity contribution in [2.45, 2.75) is 63.5 Å². The third-order valence-corrected chi connectivity index (χ3v) is 9.32. The van der Waals surface area contributed by atoms with E-state index in [0.717, 1.165) is 25.7 Å². The molecule has 2 aliphatic heterocycles. The monoisotopic (exact) mass is 466 g/mol. The molecular weight excluding hydrogens is 432 g/mol. The third kappa shape index (κ3) is 8.29. The number of carbonyl (C=O) groups excluding carboxylic acids is 2. The molecule has 2 atom stereocenters. The topological polar surface area (TPSA) is 151 Å².